The normalized spacial score (nSPS) is 12.6. The van der Waals surface area contributed by atoms with E-state index >= 15 is 0 Å². The third-order valence-electron chi connectivity index (χ3n) is 3.43. The second-order valence-electron chi connectivity index (χ2n) is 5.11. The molecule has 0 aliphatic carbocycles. The second kappa shape index (κ2) is 7.74. The lowest BCUT2D eigenvalue weighted by Crippen LogP contribution is -2.07. The van der Waals surface area contributed by atoms with Gasteiger partial charge in [0.05, 0.1) is 5.52 Å². The van der Waals surface area contributed by atoms with Crippen molar-refractivity contribution in [3.05, 3.63) is 107 Å². The van der Waals surface area contributed by atoms with Gasteiger partial charge in [-0.25, -0.2) is 9.78 Å². The maximum Gasteiger partial charge on any atom is 0.345 e. The first-order valence-corrected chi connectivity index (χ1v) is 7.62. The zero-order valence-corrected chi connectivity index (χ0v) is 13.0. The molecule has 2 N–H and O–H groups in total. The molecule has 3 aromatic rings. The van der Waals surface area contributed by atoms with E-state index in [0.29, 0.717) is 0 Å². The molecule has 118 valence electrons. The molecule has 0 fully saturated rings. The summed E-state index contributed by atoms with van der Waals surface area (Å²) in [5.74, 6) is 0. The highest BCUT2D eigenvalue weighted by Gasteiger charge is 1.97. The summed E-state index contributed by atoms with van der Waals surface area (Å²) in [7, 11) is 0. The third kappa shape index (κ3) is 4.08. The van der Waals surface area contributed by atoms with E-state index in [1.165, 1.54) is 5.56 Å². The van der Waals surface area contributed by atoms with E-state index in [1.54, 1.807) is 6.20 Å². The molecule has 0 saturated carbocycles. The maximum atomic E-state index is 10.7. The summed E-state index contributed by atoms with van der Waals surface area (Å²) in [5.41, 5.74) is 2.86. The van der Waals surface area contributed by atoms with Gasteiger partial charge >= 0.3 is 5.69 Å². The van der Waals surface area contributed by atoms with E-state index in [-0.39, 0.29) is 5.69 Å². The zero-order chi connectivity index (χ0) is 16.6. The Morgan fingerprint density at radius 1 is 0.833 bits per heavy atom. The molecule has 0 atom stereocenters. The minimum atomic E-state index is -0.302. The molecule has 1 aliphatic rings. The lowest BCUT2D eigenvalue weighted by Gasteiger charge is -2.04. The number of H-pyrrole nitrogens is 1. The number of aromatic amines is 1. The van der Waals surface area contributed by atoms with Crippen LogP contribution in [0.1, 0.15) is 5.56 Å². The lowest BCUT2D eigenvalue weighted by atomic mass is 10.1. The Balaban J connectivity index is 0.000000143. The molecule has 0 saturated heterocycles. The van der Waals surface area contributed by atoms with Crippen molar-refractivity contribution in [3.8, 4) is 0 Å². The number of allylic oxidation sites excluding steroid dienone is 4. The summed E-state index contributed by atoms with van der Waals surface area (Å²) in [6, 6.07) is 17.8. The third-order valence-corrected chi connectivity index (χ3v) is 3.43. The number of aromatic nitrogens is 2. The Morgan fingerprint density at radius 3 is 2.50 bits per heavy atom. The SMILES string of the molecule is C1=CC=C(c2ccccc2)NC=C1.O=c1ncc2ccccc2[nH]1. The van der Waals surface area contributed by atoms with Gasteiger partial charge in [0, 0.05) is 23.5 Å². The minimum absolute atomic E-state index is 0.302. The van der Waals surface area contributed by atoms with Crippen LogP contribution in [0.15, 0.2) is 96.1 Å². The van der Waals surface area contributed by atoms with Gasteiger partial charge in [0.15, 0.2) is 0 Å². The number of fused-ring (bicyclic) bond motifs is 1. The highest BCUT2D eigenvalue weighted by atomic mass is 16.1. The van der Waals surface area contributed by atoms with Crippen molar-refractivity contribution in [3.63, 3.8) is 0 Å². The van der Waals surface area contributed by atoms with Crippen molar-refractivity contribution in [2.75, 3.05) is 0 Å². The summed E-state index contributed by atoms with van der Waals surface area (Å²) in [4.78, 5) is 16.9. The molecule has 0 spiro atoms. The summed E-state index contributed by atoms with van der Waals surface area (Å²) in [5, 5.41) is 4.17. The molecular formula is C20H17N3O. The standard InChI is InChI=1S/C12H11N.C8H6N2O/c1-3-7-11(8-4-1)12-9-5-2-6-10-13-12;11-8-9-5-6-3-1-2-4-7(6)10-8/h1-10,13H;1-5H,(H,9,10,11). The molecular weight excluding hydrogens is 298 g/mol. The van der Waals surface area contributed by atoms with Crippen LogP contribution in [0.3, 0.4) is 0 Å². The molecule has 1 aliphatic heterocycles. The van der Waals surface area contributed by atoms with Crippen molar-refractivity contribution in [2.45, 2.75) is 0 Å². The topological polar surface area (TPSA) is 57.8 Å². The van der Waals surface area contributed by atoms with Crippen LogP contribution in [0.2, 0.25) is 0 Å². The molecule has 0 bridgehead atoms. The van der Waals surface area contributed by atoms with Crippen molar-refractivity contribution in [1.29, 1.82) is 0 Å². The number of rotatable bonds is 1. The zero-order valence-electron chi connectivity index (χ0n) is 13.0. The minimum Gasteiger partial charge on any atom is -0.361 e. The molecule has 1 aromatic heterocycles. The van der Waals surface area contributed by atoms with Crippen LogP contribution in [-0.4, -0.2) is 9.97 Å². The van der Waals surface area contributed by atoms with Crippen molar-refractivity contribution < 1.29 is 0 Å². The van der Waals surface area contributed by atoms with Crippen LogP contribution in [0.25, 0.3) is 16.6 Å². The van der Waals surface area contributed by atoms with E-state index in [4.69, 9.17) is 0 Å². The molecule has 4 rings (SSSR count). The monoisotopic (exact) mass is 315 g/mol. The van der Waals surface area contributed by atoms with Gasteiger partial charge < -0.3 is 10.3 Å². The molecule has 0 radical (unpaired) electrons. The molecule has 0 amide bonds. The molecule has 2 heterocycles. The Bertz CT molecular complexity index is 953. The van der Waals surface area contributed by atoms with E-state index in [2.05, 4.69) is 33.5 Å². The van der Waals surface area contributed by atoms with Gasteiger partial charge in [0.2, 0.25) is 0 Å². The van der Waals surface area contributed by atoms with Crippen molar-refractivity contribution in [2.24, 2.45) is 0 Å². The Kier molecular flexibility index (Phi) is 5.00. The average molecular weight is 315 g/mol. The van der Waals surface area contributed by atoms with Crippen LogP contribution < -0.4 is 11.0 Å². The van der Waals surface area contributed by atoms with Gasteiger partial charge in [0.25, 0.3) is 0 Å². The molecule has 0 unspecified atom stereocenters. The fourth-order valence-electron chi connectivity index (χ4n) is 2.25. The van der Waals surface area contributed by atoms with Crippen LogP contribution in [0.5, 0.6) is 0 Å². The number of hydrogen-bond acceptors (Lipinski definition) is 3. The van der Waals surface area contributed by atoms with E-state index in [0.717, 1.165) is 16.6 Å². The predicted octanol–water partition coefficient (Wildman–Crippen LogP) is 3.62. The van der Waals surface area contributed by atoms with Gasteiger partial charge in [0.1, 0.15) is 0 Å². The van der Waals surface area contributed by atoms with Crippen LogP contribution in [0, 0.1) is 0 Å². The molecule has 2 aromatic carbocycles. The predicted molar refractivity (Wildman–Crippen MR) is 98.2 cm³/mol. The van der Waals surface area contributed by atoms with Gasteiger partial charge in [-0.2, -0.15) is 0 Å². The Morgan fingerprint density at radius 2 is 1.62 bits per heavy atom. The number of benzene rings is 2. The average Bonchev–Trinajstić information content (AvgIpc) is 2.92. The van der Waals surface area contributed by atoms with Crippen LogP contribution in [-0.2, 0) is 0 Å². The summed E-state index contributed by atoms with van der Waals surface area (Å²) in [6.07, 6.45) is 11.6. The number of nitrogens with zero attached hydrogens (tertiary/aromatic N) is 1. The fraction of sp³-hybridized carbons (Fsp3) is 0. The number of nitrogens with one attached hydrogen (secondary N) is 2. The summed E-state index contributed by atoms with van der Waals surface area (Å²) < 4.78 is 0. The Hall–Kier alpha value is -3.40. The van der Waals surface area contributed by atoms with Crippen molar-refractivity contribution >= 4 is 16.6 Å². The van der Waals surface area contributed by atoms with Crippen LogP contribution in [0.4, 0.5) is 0 Å². The molecule has 24 heavy (non-hydrogen) atoms. The summed E-state index contributed by atoms with van der Waals surface area (Å²) >= 11 is 0. The first-order valence-electron chi connectivity index (χ1n) is 7.62. The number of para-hydroxylation sites is 1. The number of hydrogen-bond donors (Lipinski definition) is 2. The van der Waals surface area contributed by atoms with E-state index in [9.17, 15) is 4.79 Å². The first kappa shape index (κ1) is 15.5. The summed E-state index contributed by atoms with van der Waals surface area (Å²) in [6.45, 7) is 0. The molecule has 4 nitrogen and oxygen atoms in total. The smallest absolute Gasteiger partial charge is 0.345 e. The van der Waals surface area contributed by atoms with Gasteiger partial charge in [-0.15, -0.1) is 0 Å². The highest BCUT2D eigenvalue weighted by molar-refractivity contribution is 5.76. The largest absolute Gasteiger partial charge is 0.361 e. The van der Waals surface area contributed by atoms with Gasteiger partial charge in [-0.1, -0.05) is 60.7 Å². The van der Waals surface area contributed by atoms with Crippen molar-refractivity contribution in [1.82, 2.24) is 15.3 Å². The van der Waals surface area contributed by atoms with Crippen LogP contribution >= 0.6 is 0 Å². The maximum absolute atomic E-state index is 10.7. The van der Waals surface area contributed by atoms with E-state index < -0.39 is 0 Å². The fourth-order valence-corrected chi connectivity index (χ4v) is 2.25. The van der Waals surface area contributed by atoms with Gasteiger partial charge in [-0.05, 0) is 23.8 Å². The molecule has 4 heteroatoms. The second-order valence-corrected chi connectivity index (χ2v) is 5.11. The van der Waals surface area contributed by atoms with Gasteiger partial charge in [-0.3, -0.25) is 0 Å². The Labute approximate surface area is 139 Å². The lowest BCUT2D eigenvalue weighted by molar-refractivity contribution is 1.12. The quantitative estimate of drug-likeness (QED) is 0.721. The highest BCUT2D eigenvalue weighted by Crippen LogP contribution is 2.11. The first-order chi connectivity index (χ1) is 11.8. The van der Waals surface area contributed by atoms with E-state index in [1.807, 2.05) is 66.9 Å².